The molecular formula is C24H25N5O3. The lowest BCUT2D eigenvalue weighted by Gasteiger charge is -2.17. The van der Waals surface area contributed by atoms with Crippen LogP contribution >= 0.6 is 0 Å². The summed E-state index contributed by atoms with van der Waals surface area (Å²) in [6.45, 7) is 2.40. The number of hydrogen-bond acceptors (Lipinski definition) is 6. The molecule has 8 heteroatoms. The molecule has 164 valence electrons. The Morgan fingerprint density at radius 1 is 1.06 bits per heavy atom. The van der Waals surface area contributed by atoms with Gasteiger partial charge in [-0.3, -0.25) is 9.59 Å². The number of nitrogens with zero attached hydrogens (tertiary/aromatic N) is 2. The first-order chi connectivity index (χ1) is 15.5. The molecule has 3 N–H and O–H groups in total. The second kappa shape index (κ2) is 9.05. The van der Waals surface area contributed by atoms with Gasteiger partial charge in [0.25, 0.3) is 5.91 Å². The predicted molar refractivity (Wildman–Crippen MR) is 121 cm³/mol. The van der Waals surface area contributed by atoms with Crippen molar-refractivity contribution in [3.8, 4) is 5.75 Å². The smallest absolute Gasteiger partial charge is 0.255 e. The number of methoxy groups -OCH3 is 1. The first-order valence-electron chi connectivity index (χ1n) is 10.4. The average Bonchev–Trinajstić information content (AvgIpc) is 3.61. The number of anilines is 2. The first kappa shape index (κ1) is 21.3. The number of ether oxygens (including phenoxy) is 1. The van der Waals surface area contributed by atoms with E-state index in [0.717, 1.165) is 28.3 Å². The van der Waals surface area contributed by atoms with E-state index in [1.54, 1.807) is 7.11 Å². The molecule has 1 aromatic heterocycles. The fourth-order valence-corrected chi connectivity index (χ4v) is 3.36. The zero-order chi connectivity index (χ0) is 22.6. The van der Waals surface area contributed by atoms with Crippen molar-refractivity contribution >= 4 is 23.2 Å². The molecule has 0 radical (unpaired) electrons. The van der Waals surface area contributed by atoms with Crippen LogP contribution in [-0.4, -0.2) is 34.4 Å². The van der Waals surface area contributed by atoms with Crippen molar-refractivity contribution in [2.45, 2.75) is 31.8 Å². The minimum Gasteiger partial charge on any atom is -0.497 e. The monoisotopic (exact) mass is 431 g/mol. The molecule has 2 amide bonds. The van der Waals surface area contributed by atoms with Gasteiger partial charge in [0.2, 0.25) is 5.91 Å². The Morgan fingerprint density at radius 2 is 1.78 bits per heavy atom. The maximum Gasteiger partial charge on any atom is 0.255 e. The van der Waals surface area contributed by atoms with Crippen LogP contribution in [0.2, 0.25) is 0 Å². The molecule has 3 aromatic rings. The first-order valence-corrected chi connectivity index (χ1v) is 10.4. The highest BCUT2D eigenvalue weighted by Crippen LogP contribution is 2.36. The summed E-state index contributed by atoms with van der Waals surface area (Å²) < 4.78 is 5.24. The molecule has 1 heterocycles. The summed E-state index contributed by atoms with van der Waals surface area (Å²) in [5.74, 6) is 0.294. The highest BCUT2D eigenvalue weighted by atomic mass is 16.5. The Labute approximate surface area is 186 Å². The third-order valence-electron chi connectivity index (χ3n) is 5.48. The van der Waals surface area contributed by atoms with Gasteiger partial charge in [0.15, 0.2) is 0 Å². The fourth-order valence-electron chi connectivity index (χ4n) is 3.36. The van der Waals surface area contributed by atoms with Gasteiger partial charge < -0.3 is 20.7 Å². The van der Waals surface area contributed by atoms with Crippen LogP contribution in [0.15, 0.2) is 61.2 Å². The van der Waals surface area contributed by atoms with E-state index in [9.17, 15) is 9.59 Å². The van der Waals surface area contributed by atoms with E-state index in [-0.39, 0.29) is 11.8 Å². The van der Waals surface area contributed by atoms with Crippen LogP contribution in [0.25, 0.3) is 0 Å². The van der Waals surface area contributed by atoms with Crippen molar-refractivity contribution in [2.24, 2.45) is 0 Å². The Morgan fingerprint density at radius 3 is 2.41 bits per heavy atom. The molecule has 8 nitrogen and oxygen atoms in total. The van der Waals surface area contributed by atoms with Crippen LogP contribution in [0.5, 0.6) is 5.75 Å². The van der Waals surface area contributed by atoms with Crippen LogP contribution in [-0.2, 0) is 11.3 Å². The summed E-state index contributed by atoms with van der Waals surface area (Å²) >= 11 is 0. The van der Waals surface area contributed by atoms with Gasteiger partial charge in [-0.25, -0.2) is 9.97 Å². The fraction of sp³-hybridized carbons (Fsp3) is 0.250. The quantitative estimate of drug-likeness (QED) is 0.506. The van der Waals surface area contributed by atoms with Gasteiger partial charge in [0, 0.05) is 30.3 Å². The largest absolute Gasteiger partial charge is 0.497 e. The molecule has 1 fully saturated rings. The van der Waals surface area contributed by atoms with E-state index in [1.807, 2.05) is 49.4 Å². The Balaban J connectivity index is 1.31. The molecule has 0 aliphatic heterocycles. The molecule has 1 aliphatic carbocycles. The number of aryl methyl sites for hydroxylation is 1. The third kappa shape index (κ3) is 4.85. The van der Waals surface area contributed by atoms with E-state index in [4.69, 9.17) is 4.74 Å². The molecule has 1 saturated carbocycles. The Hall–Kier alpha value is -3.94. The number of nitrogens with one attached hydrogen (secondary N) is 3. The standard InChI is InChI=1S/C24H25N5O3/c1-16-11-20(32-2)7-8-21(16)28-19-5-3-17(4-6-19)12-27-23(31)24(9-10-24)29-22(30)18-13-25-15-26-14-18/h3-8,11,13-15,28H,9-10,12H2,1-2H3,(H,27,31)(H,29,30). The summed E-state index contributed by atoms with van der Waals surface area (Å²) in [4.78, 5) is 32.7. The van der Waals surface area contributed by atoms with Gasteiger partial charge in [-0.15, -0.1) is 0 Å². The normalized spacial score (nSPS) is 13.7. The number of carbonyl (C=O) groups is 2. The summed E-state index contributed by atoms with van der Waals surface area (Å²) in [6.07, 6.45) is 5.44. The summed E-state index contributed by atoms with van der Waals surface area (Å²) in [6, 6.07) is 13.7. The summed E-state index contributed by atoms with van der Waals surface area (Å²) in [7, 11) is 1.65. The minimum atomic E-state index is -0.847. The average molecular weight is 431 g/mol. The van der Waals surface area contributed by atoms with Gasteiger partial charge >= 0.3 is 0 Å². The van der Waals surface area contributed by atoms with Crippen molar-refractivity contribution < 1.29 is 14.3 Å². The third-order valence-corrected chi connectivity index (χ3v) is 5.48. The molecule has 1 aliphatic rings. The lowest BCUT2D eigenvalue weighted by atomic mass is 10.1. The SMILES string of the molecule is COc1ccc(Nc2ccc(CNC(=O)C3(NC(=O)c4cncnc4)CC3)cc2)c(C)c1. The van der Waals surface area contributed by atoms with Crippen molar-refractivity contribution in [3.05, 3.63) is 77.9 Å². The molecule has 0 atom stereocenters. The Kier molecular flexibility index (Phi) is 6.02. The lowest BCUT2D eigenvalue weighted by molar-refractivity contribution is -0.124. The molecule has 0 unspecified atom stereocenters. The van der Waals surface area contributed by atoms with Gasteiger partial charge in [-0.1, -0.05) is 12.1 Å². The summed E-state index contributed by atoms with van der Waals surface area (Å²) in [5, 5.41) is 9.14. The molecule has 0 saturated heterocycles. The van der Waals surface area contributed by atoms with Crippen molar-refractivity contribution in [2.75, 3.05) is 12.4 Å². The van der Waals surface area contributed by atoms with Gasteiger partial charge in [0.1, 0.15) is 17.6 Å². The van der Waals surface area contributed by atoms with Crippen LogP contribution in [0.3, 0.4) is 0 Å². The highest BCUT2D eigenvalue weighted by Gasteiger charge is 2.51. The van der Waals surface area contributed by atoms with Gasteiger partial charge in [0.05, 0.1) is 12.7 Å². The van der Waals surface area contributed by atoms with Crippen LogP contribution in [0.4, 0.5) is 11.4 Å². The maximum absolute atomic E-state index is 12.7. The number of benzene rings is 2. The predicted octanol–water partition coefficient (Wildman–Crippen LogP) is 3.12. The van der Waals surface area contributed by atoms with E-state index in [2.05, 4.69) is 25.9 Å². The molecule has 2 aromatic carbocycles. The van der Waals surface area contributed by atoms with Gasteiger partial charge in [-0.05, 0) is 61.2 Å². The Bertz CT molecular complexity index is 1110. The second-order valence-corrected chi connectivity index (χ2v) is 7.85. The topological polar surface area (TPSA) is 105 Å². The second-order valence-electron chi connectivity index (χ2n) is 7.85. The maximum atomic E-state index is 12.7. The molecule has 4 rings (SSSR count). The van der Waals surface area contributed by atoms with E-state index < -0.39 is 5.54 Å². The van der Waals surface area contributed by atoms with Crippen molar-refractivity contribution in [1.29, 1.82) is 0 Å². The highest BCUT2D eigenvalue weighted by molar-refractivity contribution is 6.00. The van der Waals surface area contributed by atoms with Gasteiger partial charge in [-0.2, -0.15) is 0 Å². The van der Waals surface area contributed by atoms with Crippen LogP contribution in [0.1, 0.15) is 34.3 Å². The number of rotatable bonds is 8. The molecule has 32 heavy (non-hydrogen) atoms. The van der Waals surface area contributed by atoms with Crippen LogP contribution in [0, 0.1) is 6.92 Å². The van der Waals surface area contributed by atoms with E-state index in [0.29, 0.717) is 24.9 Å². The number of carbonyl (C=O) groups excluding carboxylic acids is 2. The van der Waals surface area contributed by atoms with Crippen molar-refractivity contribution in [3.63, 3.8) is 0 Å². The van der Waals surface area contributed by atoms with E-state index in [1.165, 1.54) is 18.7 Å². The van der Waals surface area contributed by atoms with E-state index >= 15 is 0 Å². The number of amides is 2. The molecular weight excluding hydrogens is 406 g/mol. The zero-order valence-electron chi connectivity index (χ0n) is 18.0. The zero-order valence-corrected chi connectivity index (χ0v) is 18.0. The number of aromatic nitrogens is 2. The minimum absolute atomic E-state index is 0.182. The molecule has 0 bridgehead atoms. The number of hydrogen-bond donors (Lipinski definition) is 3. The molecule has 0 spiro atoms. The lowest BCUT2D eigenvalue weighted by Crippen LogP contribution is -2.48. The van der Waals surface area contributed by atoms with Crippen molar-refractivity contribution in [1.82, 2.24) is 20.6 Å². The summed E-state index contributed by atoms with van der Waals surface area (Å²) in [5.41, 5.74) is 3.49. The van der Waals surface area contributed by atoms with Crippen LogP contribution < -0.4 is 20.7 Å².